The monoisotopic (exact) mass is 258 g/mol. The van der Waals surface area contributed by atoms with Crippen LogP contribution in [0.25, 0.3) is 0 Å². The molecule has 5 heteroatoms. The molecule has 0 aromatic carbocycles. The molecule has 1 saturated carbocycles. The third kappa shape index (κ3) is 6.21. The molecule has 1 amide bonds. The highest BCUT2D eigenvalue weighted by Gasteiger charge is 2.38. The Morgan fingerprint density at radius 2 is 2.06 bits per heavy atom. The Labute approximate surface area is 110 Å². The fraction of sp³-hybridized carbons (Fsp3) is 0.923. The zero-order chi connectivity index (χ0) is 13.8. The Hall–Kier alpha value is -0.810. The van der Waals surface area contributed by atoms with Crippen LogP contribution in [0, 0.1) is 5.92 Å². The van der Waals surface area contributed by atoms with Gasteiger partial charge in [0.1, 0.15) is 5.60 Å². The molecular weight excluding hydrogens is 232 g/mol. The molecule has 18 heavy (non-hydrogen) atoms. The first-order valence-electron chi connectivity index (χ1n) is 6.53. The zero-order valence-electron chi connectivity index (χ0n) is 12.1. The number of carbonyl (C=O) groups excluding carboxylic acids is 1. The summed E-state index contributed by atoms with van der Waals surface area (Å²) in [5, 5.41) is 6.27. The second kappa shape index (κ2) is 6.38. The minimum atomic E-state index is -0.436. The largest absolute Gasteiger partial charge is 0.444 e. The molecule has 1 fully saturated rings. The SMILES string of the molecule is COCC(C)CNC1CC1NC(=O)OC(C)(C)C. The minimum Gasteiger partial charge on any atom is -0.444 e. The number of alkyl carbamates (subject to hydrolysis) is 1. The van der Waals surface area contributed by atoms with E-state index in [4.69, 9.17) is 9.47 Å². The highest BCUT2D eigenvalue weighted by atomic mass is 16.6. The van der Waals surface area contributed by atoms with E-state index in [0.717, 1.165) is 19.6 Å². The van der Waals surface area contributed by atoms with Crippen LogP contribution in [0.2, 0.25) is 0 Å². The van der Waals surface area contributed by atoms with Gasteiger partial charge in [0.2, 0.25) is 0 Å². The van der Waals surface area contributed by atoms with Crippen LogP contribution in [0.15, 0.2) is 0 Å². The van der Waals surface area contributed by atoms with Crippen molar-refractivity contribution in [2.45, 2.75) is 51.8 Å². The van der Waals surface area contributed by atoms with Crippen molar-refractivity contribution < 1.29 is 14.3 Å². The lowest BCUT2D eigenvalue weighted by Crippen LogP contribution is -2.37. The van der Waals surface area contributed by atoms with Crippen LogP contribution in [-0.4, -0.2) is 44.0 Å². The van der Waals surface area contributed by atoms with E-state index in [0.29, 0.717) is 12.0 Å². The fourth-order valence-electron chi connectivity index (χ4n) is 1.74. The molecule has 1 aliphatic rings. The van der Waals surface area contributed by atoms with Crippen LogP contribution < -0.4 is 10.6 Å². The van der Waals surface area contributed by atoms with E-state index in [1.807, 2.05) is 20.8 Å². The van der Waals surface area contributed by atoms with Crippen molar-refractivity contribution in [1.82, 2.24) is 10.6 Å². The van der Waals surface area contributed by atoms with Gasteiger partial charge in [-0.25, -0.2) is 4.79 Å². The zero-order valence-corrected chi connectivity index (χ0v) is 12.1. The molecule has 0 aliphatic heterocycles. The van der Waals surface area contributed by atoms with Gasteiger partial charge in [-0.1, -0.05) is 6.92 Å². The van der Waals surface area contributed by atoms with Crippen molar-refractivity contribution in [3.05, 3.63) is 0 Å². The molecule has 5 nitrogen and oxygen atoms in total. The van der Waals surface area contributed by atoms with Crippen LogP contribution >= 0.6 is 0 Å². The predicted octanol–water partition coefficient (Wildman–Crippen LogP) is 1.52. The molecule has 1 rings (SSSR count). The van der Waals surface area contributed by atoms with Gasteiger partial charge >= 0.3 is 6.09 Å². The van der Waals surface area contributed by atoms with Gasteiger partial charge in [0.15, 0.2) is 0 Å². The van der Waals surface area contributed by atoms with E-state index < -0.39 is 5.60 Å². The topological polar surface area (TPSA) is 59.6 Å². The van der Waals surface area contributed by atoms with Crippen LogP contribution in [0.5, 0.6) is 0 Å². The Kier molecular flexibility index (Phi) is 5.41. The Morgan fingerprint density at radius 1 is 1.39 bits per heavy atom. The van der Waals surface area contributed by atoms with Crippen LogP contribution in [0.3, 0.4) is 0 Å². The first kappa shape index (κ1) is 15.2. The van der Waals surface area contributed by atoms with E-state index in [2.05, 4.69) is 17.6 Å². The van der Waals surface area contributed by atoms with E-state index >= 15 is 0 Å². The highest BCUT2D eigenvalue weighted by Crippen LogP contribution is 2.22. The van der Waals surface area contributed by atoms with Crippen molar-refractivity contribution in [3.63, 3.8) is 0 Å². The average molecular weight is 258 g/mol. The summed E-state index contributed by atoms with van der Waals surface area (Å²) in [5.41, 5.74) is -0.436. The molecule has 0 saturated heterocycles. The van der Waals surface area contributed by atoms with Gasteiger partial charge in [-0.05, 0) is 33.1 Å². The highest BCUT2D eigenvalue weighted by molar-refractivity contribution is 5.68. The summed E-state index contributed by atoms with van der Waals surface area (Å²) in [4.78, 5) is 11.5. The van der Waals surface area contributed by atoms with E-state index in [1.165, 1.54) is 0 Å². The van der Waals surface area contributed by atoms with E-state index in [-0.39, 0.29) is 12.1 Å². The summed E-state index contributed by atoms with van der Waals surface area (Å²) in [5.74, 6) is 0.484. The molecule has 0 radical (unpaired) electrons. The lowest BCUT2D eigenvalue weighted by atomic mass is 10.2. The first-order chi connectivity index (χ1) is 8.31. The number of hydrogen-bond donors (Lipinski definition) is 2. The summed E-state index contributed by atoms with van der Waals surface area (Å²) in [6.07, 6.45) is 0.639. The number of rotatable bonds is 6. The Bertz CT molecular complexity index is 276. The van der Waals surface area contributed by atoms with Crippen LogP contribution in [0.1, 0.15) is 34.1 Å². The molecule has 0 aromatic rings. The number of hydrogen-bond acceptors (Lipinski definition) is 4. The molecule has 0 aromatic heterocycles. The van der Waals surface area contributed by atoms with Crippen molar-refractivity contribution >= 4 is 6.09 Å². The van der Waals surface area contributed by atoms with Gasteiger partial charge in [0.05, 0.1) is 0 Å². The summed E-state index contributed by atoms with van der Waals surface area (Å²) in [7, 11) is 1.71. The number of amides is 1. The Balaban J connectivity index is 2.12. The number of carbonyl (C=O) groups is 1. The second-order valence-corrected chi connectivity index (χ2v) is 6.06. The van der Waals surface area contributed by atoms with Gasteiger partial charge in [-0.15, -0.1) is 0 Å². The number of methoxy groups -OCH3 is 1. The predicted molar refractivity (Wildman–Crippen MR) is 70.6 cm³/mol. The van der Waals surface area contributed by atoms with Crippen molar-refractivity contribution in [1.29, 1.82) is 0 Å². The summed E-state index contributed by atoms with van der Waals surface area (Å²) in [6, 6.07) is 0.575. The van der Waals surface area contributed by atoms with E-state index in [9.17, 15) is 4.79 Å². The minimum absolute atomic E-state index is 0.203. The van der Waals surface area contributed by atoms with Crippen LogP contribution in [-0.2, 0) is 9.47 Å². The molecule has 0 spiro atoms. The molecular formula is C13H26N2O3. The summed E-state index contributed by atoms with van der Waals surface area (Å²) in [6.45, 7) is 9.38. The molecule has 3 unspecified atom stereocenters. The lowest BCUT2D eigenvalue weighted by Gasteiger charge is -2.19. The molecule has 106 valence electrons. The van der Waals surface area contributed by atoms with Crippen molar-refractivity contribution in [2.24, 2.45) is 5.92 Å². The van der Waals surface area contributed by atoms with Gasteiger partial charge in [0, 0.05) is 32.3 Å². The van der Waals surface area contributed by atoms with Gasteiger partial charge < -0.3 is 20.1 Å². The maximum atomic E-state index is 11.5. The molecule has 1 aliphatic carbocycles. The lowest BCUT2D eigenvalue weighted by molar-refractivity contribution is 0.0522. The fourth-order valence-corrected chi connectivity index (χ4v) is 1.74. The quantitative estimate of drug-likeness (QED) is 0.758. The first-order valence-corrected chi connectivity index (χ1v) is 6.53. The summed E-state index contributed by atoms with van der Waals surface area (Å²) < 4.78 is 10.3. The van der Waals surface area contributed by atoms with Gasteiger partial charge in [-0.3, -0.25) is 0 Å². The molecule has 0 heterocycles. The summed E-state index contributed by atoms with van der Waals surface area (Å²) >= 11 is 0. The van der Waals surface area contributed by atoms with Crippen molar-refractivity contribution in [3.8, 4) is 0 Å². The van der Waals surface area contributed by atoms with Gasteiger partial charge in [0.25, 0.3) is 0 Å². The average Bonchev–Trinajstić information content (AvgIpc) is 2.90. The van der Waals surface area contributed by atoms with E-state index in [1.54, 1.807) is 7.11 Å². The molecule has 3 atom stereocenters. The smallest absolute Gasteiger partial charge is 0.407 e. The normalized spacial score (nSPS) is 24.5. The van der Waals surface area contributed by atoms with Crippen molar-refractivity contribution in [2.75, 3.05) is 20.3 Å². The Morgan fingerprint density at radius 3 is 2.61 bits per heavy atom. The second-order valence-electron chi connectivity index (χ2n) is 6.06. The standard InChI is InChI=1S/C13H26N2O3/c1-9(8-17-5)7-14-10-6-11(10)15-12(16)18-13(2,3)4/h9-11,14H,6-8H2,1-5H3,(H,15,16). The maximum absolute atomic E-state index is 11.5. The maximum Gasteiger partial charge on any atom is 0.407 e. The third-order valence-electron chi connectivity index (χ3n) is 2.67. The number of ether oxygens (including phenoxy) is 2. The van der Waals surface area contributed by atoms with Gasteiger partial charge in [-0.2, -0.15) is 0 Å². The third-order valence-corrected chi connectivity index (χ3v) is 2.67. The molecule has 2 N–H and O–H groups in total. The molecule has 0 bridgehead atoms. The van der Waals surface area contributed by atoms with Crippen LogP contribution in [0.4, 0.5) is 4.79 Å². The number of nitrogens with one attached hydrogen (secondary N) is 2.